The lowest BCUT2D eigenvalue weighted by molar-refractivity contribution is -0.120. The largest absolute Gasteiger partial charge is 0.478 e. The van der Waals surface area contributed by atoms with E-state index in [-0.39, 0.29) is 16.9 Å². The summed E-state index contributed by atoms with van der Waals surface area (Å²) < 4.78 is 0. The Kier molecular flexibility index (Phi) is 4.03. The average Bonchev–Trinajstić information content (AvgIpc) is 3.38. The zero-order valence-electron chi connectivity index (χ0n) is 17.0. The molecule has 0 aromatic heterocycles. The molecular weight excluding hydrogens is 388 g/mol. The molecule has 1 saturated carbocycles. The number of carboxylic acid groups (broad SMARTS) is 1. The van der Waals surface area contributed by atoms with Gasteiger partial charge in [0.15, 0.2) is 0 Å². The van der Waals surface area contributed by atoms with Crippen molar-refractivity contribution in [3.63, 3.8) is 0 Å². The van der Waals surface area contributed by atoms with Crippen LogP contribution in [0.2, 0.25) is 0 Å². The Bertz CT molecular complexity index is 1270. The molecule has 1 heterocycles. The fourth-order valence-corrected chi connectivity index (χ4v) is 5.12. The summed E-state index contributed by atoms with van der Waals surface area (Å²) in [6.07, 6.45) is 0.702. The van der Waals surface area contributed by atoms with E-state index < -0.39 is 11.4 Å². The van der Waals surface area contributed by atoms with Gasteiger partial charge in [0, 0.05) is 11.1 Å². The summed E-state index contributed by atoms with van der Waals surface area (Å²) in [4.78, 5) is 27.0. The van der Waals surface area contributed by atoms with Crippen molar-refractivity contribution in [3.05, 3.63) is 101 Å². The Hall–Kier alpha value is -3.91. The maximum absolute atomic E-state index is 13.8. The summed E-state index contributed by atoms with van der Waals surface area (Å²) >= 11 is 0. The molecule has 5 nitrogen and oxygen atoms in total. The van der Waals surface area contributed by atoms with Gasteiger partial charge in [0.2, 0.25) is 5.91 Å². The van der Waals surface area contributed by atoms with E-state index in [1.165, 1.54) is 0 Å². The highest BCUT2D eigenvalue weighted by molar-refractivity contribution is 6.12. The van der Waals surface area contributed by atoms with Crippen molar-refractivity contribution in [3.8, 4) is 6.07 Å². The first kappa shape index (κ1) is 19.1. The maximum Gasteiger partial charge on any atom is 0.335 e. The molecule has 3 aromatic carbocycles. The first-order valence-electron chi connectivity index (χ1n) is 10.1. The number of nitriles is 1. The van der Waals surface area contributed by atoms with Gasteiger partial charge in [-0.25, -0.2) is 4.79 Å². The molecule has 2 aliphatic rings. The number of fused-ring (bicyclic) bond motifs is 2. The number of carbonyl (C=O) groups is 2. The summed E-state index contributed by atoms with van der Waals surface area (Å²) in [5.41, 5.74) is 3.53. The molecule has 1 aliphatic heterocycles. The Morgan fingerprint density at radius 2 is 1.84 bits per heavy atom. The molecule has 5 rings (SSSR count). The van der Waals surface area contributed by atoms with Crippen molar-refractivity contribution in [1.82, 2.24) is 0 Å². The van der Waals surface area contributed by atoms with Gasteiger partial charge in [-0.2, -0.15) is 5.26 Å². The summed E-state index contributed by atoms with van der Waals surface area (Å²) in [5.74, 6) is -0.941. The van der Waals surface area contributed by atoms with Crippen LogP contribution in [0.5, 0.6) is 0 Å². The van der Waals surface area contributed by atoms with E-state index in [0.717, 1.165) is 22.4 Å². The Morgan fingerprint density at radius 3 is 2.55 bits per heavy atom. The van der Waals surface area contributed by atoms with Crippen LogP contribution in [0.15, 0.2) is 72.8 Å². The number of benzene rings is 3. The lowest BCUT2D eigenvalue weighted by Crippen LogP contribution is -2.35. The standard InChI is InChI=1S/C26H20N2O3/c1-25(20-11-9-17(14-27)10-12-20)16-26(25)21-7-2-3-8-22(21)28(24(26)31)15-18-5-4-6-19(13-18)23(29)30/h2-13H,15-16H2,1H3,(H,29,30)/t25-,26+/m0/s1. The minimum Gasteiger partial charge on any atom is -0.478 e. The lowest BCUT2D eigenvalue weighted by Gasteiger charge is -2.21. The van der Waals surface area contributed by atoms with E-state index in [1.54, 1.807) is 35.2 Å². The number of nitrogens with zero attached hydrogens (tertiary/aromatic N) is 2. The number of carbonyl (C=O) groups excluding carboxylic acids is 1. The van der Waals surface area contributed by atoms with Gasteiger partial charge in [-0.1, -0.05) is 49.4 Å². The van der Waals surface area contributed by atoms with Crippen LogP contribution in [-0.2, 0) is 22.2 Å². The van der Waals surface area contributed by atoms with E-state index in [2.05, 4.69) is 13.0 Å². The van der Waals surface area contributed by atoms with Crippen LogP contribution in [0.4, 0.5) is 5.69 Å². The number of rotatable bonds is 4. The second-order valence-corrected chi connectivity index (χ2v) is 8.52. The van der Waals surface area contributed by atoms with Crippen LogP contribution in [-0.4, -0.2) is 17.0 Å². The third kappa shape index (κ3) is 2.62. The number of carboxylic acids is 1. The monoisotopic (exact) mass is 408 g/mol. The molecule has 1 amide bonds. The predicted molar refractivity (Wildman–Crippen MR) is 116 cm³/mol. The smallest absolute Gasteiger partial charge is 0.335 e. The van der Waals surface area contributed by atoms with Gasteiger partial charge in [-0.3, -0.25) is 4.79 Å². The molecule has 31 heavy (non-hydrogen) atoms. The topological polar surface area (TPSA) is 81.4 Å². The molecule has 3 aromatic rings. The predicted octanol–water partition coefficient (Wildman–Crippen LogP) is 4.40. The Balaban J connectivity index is 1.55. The van der Waals surface area contributed by atoms with Crippen LogP contribution in [0.3, 0.4) is 0 Å². The summed E-state index contributed by atoms with van der Waals surface area (Å²) in [7, 11) is 0. The van der Waals surface area contributed by atoms with E-state index >= 15 is 0 Å². The Labute approximate surface area is 180 Å². The second kappa shape index (κ2) is 6.55. The molecule has 1 N–H and O–H groups in total. The van der Waals surface area contributed by atoms with Gasteiger partial charge in [0.1, 0.15) is 0 Å². The number of hydrogen-bond donors (Lipinski definition) is 1. The van der Waals surface area contributed by atoms with Crippen molar-refractivity contribution in [2.45, 2.75) is 30.7 Å². The van der Waals surface area contributed by atoms with Crippen LogP contribution in [0, 0.1) is 11.3 Å². The molecule has 0 radical (unpaired) electrons. The first-order chi connectivity index (χ1) is 14.9. The zero-order valence-corrected chi connectivity index (χ0v) is 17.0. The van der Waals surface area contributed by atoms with Gasteiger partial charge in [0.05, 0.1) is 29.2 Å². The summed E-state index contributed by atoms with van der Waals surface area (Å²) in [5, 5.41) is 18.4. The van der Waals surface area contributed by atoms with Gasteiger partial charge < -0.3 is 10.0 Å². The fraction of sp³-hybridized carbons (Fsp3) is 0.192. The van der Waals surface area contributed by atoms with Crippen molar-refractivity contribution in [1.29, 1.82) is 5.26 Å². The first-order valence-corrected chi connectivity index (χ1v) is 10.1. The van der Waals surface area contributed by atoms with E-state index in [4.69, 9.17) is 5.26 Å². The quantitative estimate of drug-likeness (QED) is 0.694. The normalized spacial score (nSPS) is 23.5. The molecule has 1 fully saturated rings. The molecule has 152 valence electrons. The van der Waals surface area contributed by atoms with E-state index in [0.29, 0.717) is 18.5 Å². The second-order valence-electron chi connectivity index (χ2n) is 8.52. The molecular formula is C26H20N2O3. The van der Waals surface area contributed by atoms with Gasteiger partial charge in [0.25, 0.3) is 0 Å². The summed E-state index contributed by atoms with van der Waals surface area (Å²) in [6.45, 7) is 2.43. The van der Waals surface area contributed by atoms with Crippen LogP contribution >= 0.6 is 0 Å². The highest BCUT2D eigenvalue weighted by atomic mass is 16.4. The minimum absolute atomic E-state index is 0.0429. The highest BCUT2D eigenvalue weighted by Gasteiger charge is 2.74. The van der Waals surface area contributed by atoms with Gasteiger partial charge in [-0.05, 0) is 53.4 Å². The Morgan fingerprint density at radius 1 is 1.10 bits per heavy atom. The van der Waals surface area contributed by atoms with Gasteiger partial charge >= 0.3 is 5.97 Å². The average molecular weight is 408 g/mol. The fourth-order valence-electron chi connectivity index (χ4n) is 5.12. The molecule has 5 heteroatoms. The summed E-state index contributed by atoms with van der Waals surface area (Å²) in [6, 6.07) is 24.2. The number of anilines is 1. The number of para-hydroxylation sites is 1. The third-order valence-corrected chi connectivity index (χ3v) is 6.87. The van der Waals surface area contributed by atoms with Crippen molar-refractivity contribution in [2.24, 2.45) is 0 Å². The van der Waals surface area contributed by atoms with Crippen molar-refractivity contribution in [2.75, 3.05) is 4.90 Å². The molecule has 0 saturated heterocycles. The van der Waals surface area contributed by atoms with Crippen molar-refractivity contribution >= 4 is 17.6 Å². The number of aromatic carboxylic acids is 1. The SMILES string of the molecule is C[C@@]1(c2ccc(C#N)cc2)C[C@@]12C(=O)N(Cc1cccc(C(=O)O)c1)c1ccccc12. The van der Waals surface area contributed by atoms with Crippen LogP contribution in [0.1, 0.15) is 46.0 Å². The molecule has 1 aliphatic carbocycles. The lowest BCUT2D eigenvalue weighted by atomic mass is 9.83. The van der Waals surface area contributed by atoms with E-state index in [9.17, 15) is 14.7 Å². The molecule has 0 unspecified atom stereocenters. The van der Waals surface area contributed by atoms with Gasteiger partial charge in [-0.15, -0.1) is 0 Å². The maximum atomic E-state index is 13.8. The minimum atomic E-state index is -0.984. The molecule has 2 atom stereocenters. The van der Waals surface area contributed by atoms with Crippen molar-refractivity contribution < 1.29 is 14.7 Å². The zero-order chi connectivity index (χ0) is 21.8. The van der Waals surface area contributed by atoms with Crippen LogP contribution < -0.4 is 4.90 Å². The number of hydrogen-bond acceptors (Lipinski definition) is 3. The highest BCUT2D eigenvalue weighted by Crippen LogP contribution is 2.70. The number of amides is 1. The third-order valence-electron chi connectivity index (χ3n) is 6.87. The molecule has 1 spiro atoms. The van der Waals surface area contributed by atoms with E-state index in [1.807, 2.05) is 42.5 Å². The van der Waals surface area contributed by atoms with Crippen LogP contribution in [0.25, 0.3) is 0 Å². The molecule has 0 bridgehead atoms.